The van der Waals surface area contributed by atoms with Crippen LogP contribution in [0.5, 0.6) is 0 Å². The average Bonchev–Trinajstić information content (AvgIpc) is 2.45. The van der Waals surface area contributed by atoms with Crippen LogP contribution >= 0.6 is 0 Å². The summed E-state index contributed by atoms with van der Waals surface area (Å²) in [7, 11) is 0. The van der Waals surface area contributed by atoms with Crippen molar-refractivity contribution in [3.8, 4) is 0 Å². The van der Waals surface area contributed by atoms with E-state index in [1.807, 2.05) is 32.0 Å². The summed E-state index contributed by atoms with van der Waals surface area (Å²) >= 11 is 0. The van der Waals surface area contributed by atoms with Crippen molar-refractivity contribution in [2.24, 2.45) is 11.1 Å². The molecule has 0 radical (unpaired) electrons. The monoisotopic (exact) mass is 290 g/mol. The molecule has 0 saturated heterocycles. The van der Waals surface area contributed by atoms with E-state index in [0.29, 0.717) is 12.8 Å². The lowest BCUT2D eigenvalue weighted by atomic mass is 9.84. The minimum absolute atomic E-state index is 0.000255. The van der Waals surface area contributed by atoms with Gasteiger partial charge in [0.2, 0.25) is 5.91 Å². The van der Waals surface area contributed by atoms with Gasteiger partial charge in [0.15, 0.2) is 0 Å². The van der Waals surface area contributed by atoms with Crippen LogP contribution in [0.4, 0.5) is 0 Å². The zero-order valence-corrected chi connectivity index (χ0v) is 14.1. The van der Waals surface area contributed by atoms with Crippen molar-refractivity contribution in [3.63, 3.8) is 0 Å². The first kappa shape index (κ1) is 17.7. The molecule has 0 aliphatic carbocycles. The standard InChI is InChI=1S/C18H30N2O/c1-6-18(19,7-2)16(21)20-15(13-17(3,4)5)14-11-9-8-10-12-14/h8-12,15H,6-7,13,19H2,1-5H3,(H,20,21). The Balaban J connectivity index is 2.96. The van der Waals surface area contributed by atoms with Gasteiger partial charge >= 0.3 is 0 Å². The molecular weight excluding hydrogens is 260 g/mol. The van der Waals surface area contributed by atoms with Crippen LogP contribution in [0.2, 0.25) is 0 Å². The first-order valence-corrected chi connectivity index (χ1v) is 7.86. The maximum atomic E-state index is 12.6. The molecule has 0 aliphatic heterocycles. The number of nitrogens with one attached hydrogen (secondary N) is 1. The van der Waals surface area contributed by atoms with Gasteiger partial charge in [0.05, 0.1) is 11.6 Å². The number of nitrogens with two attached hydrogens (primary N) is 1. The van der Waals surface area contributed by atoms with E-state index in [4.69, 9.17) is 5.73 Å². The molecule has 1 amide bonds. The minimum atomic E-state index is -0.773. The van der Waals surface area contributed by atoms with Gasteiger partial charge in [0.25, 0.3) is 0 Å². The van der Waals surface area contributed by atoms with E-state index < -0.39 is 5.54 Å². The lowest BCUT2D eigenvalue weighted by Gasteiger charge is -2.32. The highest BCUT2D eigenvalue weighted by atomic mass is 16.2. The molecule has 1 atom stereocenters. The van der Waals surface area contributed by atoms with Crippen molar-refractivity contribution >= 4 is 5.91 Å². The maximum absolute atomic E-state index is 12.6. The van der Waals surface area contributed by atoms with Crippen molar-refractivity contribution in [2.45, 2.75) is 65.5 Å². The lowest BCUT2D eigenvalue weighted by molar-refractivity contribution is -0.127. The zero-order chi connectivity index (χ0) is 16.1. The molecule has 0 aliphatic rings. The van der Waals surface area contributed by atoms with E-state index in [1.54, 1.807) is 0 Å². The molecule has 0 fully saturated rings. The fraction of sp³-hybridized carbons (Fsp3) is 0.611. The highest BCUT2D eigenvalue weighted by Gasteiger charge is 2.32. The fourth-order valence-corrected chi connectivity index (χ4v) is 2.42. The second-order valence-corrected chi connectivity index (χ2v) is 7.06. The second kappa shape index (κ2) is 7.08. The zero-order valence-electron chi connectivity index (χ0n) is 14.1. The van der Waals surface area contributed by atoms with Crippen LogP contribution in [0.25, 0.3) is 0 Å². The first-order valence-electron chi connectivity index (χ1n) is 7.86. The van der Waals surface area contributed by atoms with E-state index in [2.05, 4.69) is 38.2 Å². The van der Waals surface area contributed by atoms with Crippen molar-refractivity contribution in [2.75, 3.05) is 0 Å². The minimum Gasteiger partial charge on any atom is -0.348 e. The molecule has 1 aromatic rings. The number of benzene rings is 1. The Morgan fingerprint density at radius 3 is 2.10 bits per heavy atom. The third-order valence-electron chi connectivity index (χ3n) is 4.04. The Labute approximate surface area is 129 Å². The third kappa shape index (κ3) is 5.16. The van der Waals surface area contributed by atoms with Crippen LogP contribution in [0, 0.1) is 5.41 Å². The molecule has 0 heterocycles. The molecule has 3 nitrogen and oxygen atoms in total. The van der Waals surface area contributed by atoms with Crippen LogP contribution in [-0.4, -0.2) is 11.4 Å². The molecule has 21 heavy (non-hydrogen) atoms. The van der Waals surface area contributed by atoms with Gasteiger partial charge in [-0.05, 0) is 30.2 Å². The van der Waals surface area contributed by atoms with Gasteiger partial charge in [-0.25, -0.2) is 0 Å². The van der Waals surface area contributed by atoms with Crippen LogP contribution < -0.4 is 11.1 Å². The summed E-state index contributed by atoms with van der Waals surface area (Å²) < 4.78 is 0. The number of hydrogen-bond donors (Lipinski definition) is 2. The summed E-state index contributed by atoms with van der Waals surface area (Å²) in [6.07, 6.45) is 2.17. The molecule has 0 spiro atoms. The van der Waals surface area contributed by atoms with E-state index in [0.717, 1.165) is 12.0 Å². The normalized spacial score (nSPS) is 13.8. The Hall–Kier alpha value is -1.35. The van der Waals surface area contributed by atoms with E-state index in [-0.39, 0.29) is 17.4 Å². The molecule has 118 valence electrons. The lowest BCUT2D eigenvalue weighted by Crippen LogP contribution is -2.54. The molecule has 1 rings (SSSR count). The SMILES string of the molecule is CCC(N)(CC)C(=O)NC(CC(C)(C)C)c1ccccc1. The molecule has 3 heteroatoms. The molecule has 0 saturated carbocycles. The summed E-state index contributed by atoms with van der Waals surface area (Å²) in [5.41, 5.74) is 6.71. The van der Waals surface area contributed by atoms with Crippen molar-refractivity contribution in [3.05, 3.63) is 35.9 Å². The number of carbonyl (C=O) groups is 1. The number of carbonyl (C=O) groups excluding carboxylic acids is 1. The second-order valence-electron chi connectivity index (χ2n) is 7.06. The summed E-state index contributed by atoms with van der Waals surface area (Å²) in [6.45, 7) is 10.5. The molecule has 1 unspecified atom stereocenters. The van der Waals surface area contributed by atoms with Gasteiger partial charge in [0, 0.05) is 0 Å². The summed E-state index contributed by atoms with van der Waals surface area (Å²) in [5, 5.41) is 3.17. The number of amides is 1. The summed E-state index contributed by atoms with van der Waals surface area (Å²) in [5.74, 6) is -0.0504. The van der Waals surface area contributed by atoms with Crippen molar-refractivity contribution < 1.29 is 4.79 Å². The highest BCUT2D eigenvalue weighted by molar-refractivity contribution is 5.86. The van der Waals surface area contributed by atoms with E-state index in [9.17, 15) is 4.79 Å². The molecule has 1 aromatic carbocycles. The topological polar surface area (TPSA) is 55.1 Å². The fourth-order valence-electron chi connectivity index (χ4n) is 2.42. The van der Waals surface area contributed by atoms with Crippen LogP contribution in [0.1, 0.15) is 65.5 Å². The first-order chi connectivity index (χ1) is 9.72. The quantitative estimate of drug-likeness (QED) is 0.837. The van der Waals surface area contributed by atoms with Gasteiger partial charge in [0.1, 0.15) is 0 Å². The van der Waals surface area contributed by atoms with Crippen molar-refractivity contribution in [1.29, 1.82) is 0 Å². The Bertz CT molecular complexity index is 444. The van der Waals surface area contributed by atoms with Gasteiger partial charge in [-0.15, -0.1) is 0 Å². The highest BCUT2D eigenvalue weighted by Crippen LogP contribution is 2.30. The summed E-state index contributed by atoms with van der Waals surface area (Å²) in [6, 6.07) is 10.1. The van der Waals surface area contributed by atoms with Crippen LogP contribution in [0.3, 0.4) is 0 Å². The molecule has 0 aromatic heterocycles. The average molecular weight is 290 g/mol. The number of hydrogen-bond acceptors (Lipinski definition) is 2. The Kier molecular flexibility index (Phi) is 5.97. The Morgan fingerprint density at radius 2 is 1.67 bits per heavy atom. The van der Waals surface area contributed by atoms with Gasteiger partial charge in [-0.1, -0.05) is 65.0 Å². The molecule has 3 N–H and O–H groups in total. The molecule has 0 bridgehead atoms. The predicted octanol–water partition coefficient (Wildman–Crippen LogP) is 3.80. The van der Waals surface area contributed by atoms with E-state index in [1.165, 1.54) is 0 Å². The van der Waals surface area contributed by atoms with Gasteiger partial charge < -0.3 is 11.1 Å². The van der Waals surface area contributed by atoms with Gasteiger partial charge in [-0.3, -0.25) is 4.79 Å². The third-order valence-corrected chi connectivity index (χ3v) is 4.04. The maximum Gasteiger partial charge on any atom is 0.240 e. The Morgan fingerprint density at radius 1 is 1.14 bits per heavy atom. The van der Waals surface area contributed by atoms with Crippen LogP contribution in [-0.2, 0) is 4.79 Å². The predicted molar refractivity (Wildman–Crippen MR) is 88.9 cm³/mol. The van der Waals surface area contributed by atoms with E-state index >= 15 is 0 Å². The summed E-state index contributed by atoms with van der Waals surface area (Å²) in [4.78, 5) is 12.6. The van der Waals surface area contributed by atoms with Gasteiger partial charge in [-0.2, -0.15) is 0 Å². The van der Waals surface area contributed by atoms with Crippen molar-refractivity contribution in [1.82, 2.24) is 5.32 Å². The smallest absolute Gasteiger partial charge is 0.240 e. The largest absolute Gasteiger partial charge is 0.348 e. The number of rotatable bonds is 6. The van der Waals surface area contributed by atoms with Crippen LogP contribution in [0.15, 0.2) is 30.3 Å². The molecular formula is C18H30N2O.